The van der Waals surface area contributed by atoms with Crippen molar-refractivity contribution in [2.45, 2.75) is 19.4 Å². The summed E-state index contributed by atoms with van der Waals surface area (Å²) in [6.07, 6.45) is 1.72. The summed E-state index contributed by atoms with van der Waals surface area (Å²) in [6.45, 7) is 1.85. The van der Waals surface area contributed by atoms with E-state index in [9.17, 15) is 9.59 Å². The highest BCUT2D eigenvalue weighted by Crippen LogP contribution is 2.15. The molecular weight excluding hydrogens is 276 g/mol. The van der Waals surface area contributed by atoms with Crippen molar-refractivity contribution >= 4 is 23.2 Å². The Kier molecular flexibility index (Phi) is 4.47. The summed E-state index contributed by atoms with van der Waals surface area (Å²) in [6, 6.07) is 6.33. The summed E-state index contributed by atoms with van der Waals surface area (Å²) in [5.41, 5.74) is 0.661. The Bertz CT molecular complexity index is 611. The van der Waals surface area contributed by atoms with Crippen molar-refractivity contribution < 1.29 is 14.7 Å². The van der Waals surface area contributed by atoms with Crippen LogP contribution < -0.4 is 5.32 Å². The minimum Gasteiger partial charge on any atom is -0.478 e. The fourth-order valence-corrected chi connectivity index (χ4v) is 2.50. The number of nitrogens with one attached hydrogen (secondary N) is 1. The lowest BCUT2D eigenvalue weighted by molar-refractivity contribution is -0.121. The molecule has 0 aliphatic carbocycles. The van der Waals surface area contributed by atoms with E-state index >= 15 is 0 Å². The normalized spacial score (nSPS) is 11.8. The first-order chi connectivity index (χ1) is 9.58. The molecule has 0 saturated carbocycles. The number of aromatic nitrogens is 1. The molecule has 0 aliphatic rings. The van der Waals surface area contributed by atoms with Gasteiger partial charge in [-0.15, -0.1) is 11.3 Å². The van der Waals surface area contributed by atoms with Crippen LogP contribution in [0.5, 0.6) is 0 Å². The molecule has 5 nitrogen and oxygen atoms in total. The number of hydrogen-bond donors (Lipinski definition) is 2. The van der Waals surface area contributed by atoms with Crippen molar-refractivity contribution in [3.8, 4) is 0 Å². The van der Waals surface area contributed by atoms with E-state index in [1.165, 1.54) is 17.4 Å². The zero-order valence-electron chi connectivity index (χ0n) is 10.9. The van der Waals surface area contributed by atoms with Crippen LogP contribution in [0.25, 0.3) is 0 Å². The number of nitrogens with zero attached hydrogens (tertiary/aromatic N) is 1. The molecule has 1 amide bonds. The third kappa shape index (κ3) is 3.42. The Morgan fingerprint density at radius 3 is 2.80 bits per heavy atom. The molecule has 0 saturated heterocycles. The predicted octanol–water partition coefficient (Wildman–Crippen LogP) is 2.26. The number of amides is 1. The average molecular weight is 290 g/mol. The predicted molar refractivity (Wildman–Crippen MR) is 75.8 cm³/mol. The molecule has 104 valence electrons. The molecule has 2 N–H and O–H groups in total. The highest BCUT2D eigenvalue weighted by atomic mass is 32.1. The van der Waals surface area contributed by atoms with Gasteiger partial charge >= 0.3 is 5.97 Å². The second kappa shape index (κ2) is 6.29. The monoisotopic (exact) mass is 290 g/mol. The smallest absolute Gasteiger partial charge is 0.335 e. The SMILES string of the molecule is CC(NC(=O)Cc1ccccc1C(=O)O)c1nccs1. The molecular formula is C14H14N2O3S. The Hall–Kier alpha value is -2.21. The van der Waals surface area contributed by atoms with Crippen molar-refractivity contribution in [1.29, 1.82) is 0 Å². The second-order valence-electron chi connectivity index (χ2n) is 4.30. The maximum atomic E-state index is 12.0. The van der Waals surface area contributed by atoms with Crippen LogP contribution in [0.1, 0.15) is 33.9 Å². The third-order valence-electron chi connectivity index (χ3n) is 2.80. The quantitative estimate of drug-likeness (QED) is 0.885. The van der Waals surface area contributed by atoms with Gasteiger partial charge in [0.15, 0.2) is 0 Å². The molecule has 0 fully saturated rings. The minimum atomic E-state index is -1.03. The molecule has 1 heterocycles. The van der Waals surface area contributed by atoms with Crippen molar-refractivity contribution in [2.75, 3.05) is 0 Å². The molecule has 1 atom stereocenters. The van der Waals surface area contributed by atoms with Crippen LogP contribution in [-0.2, 0) is 11.2 Å². The number of rotatable bonds is 5. The van der Waals surface area contributed by atoms with E-state index in [2.05, 4.69) is 10.3 Å². The van der Waals surface area contributed by atoms with Crippen LogP contribution in [-0.4, -0.2) is 22.0 Å². The van der Waals surface area contributed by atoms with Gasteiger partial charge in [0.05, 0.1) is 18.0 Å². The molecule has 1 unspecified atom stereocenters. The van der Waals surface area contributed by atoms with Crippen molar-refractivity contribution in [1.82, 2.24) is 10.3 Å². The van der Waals surface area contributed by atoms with E-state index in [0.717, 1.165) is 5.01 Å². The maximum absolute atomic E-state index is 12.0. The molecule has 0 aliphatic heterocycles. The van der Waals surface area contributed by atoms with Gasteiger partial charge in [-0.3, -0.25) is 4.79 Å². The summed E-state index contributed by atoms with van der Waals surface area (Å²) in [5, 5.41) is 14.6. The zero-order valence-corrected chi connectivity index (χ0v) is 11.7. The number of carboxylic acid groups (broad SMARTS) is 1. The van der Waals surface area contributed by atoms with Gasteiger partial charge in [-0.05, 0) is 18.6 Å². The third-order valence-corrected chi connectivity index (χ3v) is 3.76. The van der Waals surface area contributed by atoms with Crippen LogP contribution in [0.2, 0.25) is 0 Å². The van der Waals surface area contributed by atoms with E-state index in [0.29, 0.717) is 5.56 Å². The van der Waals surface area contributed by atoms with E-state index in [-0.39, 0.29) is 23.9 Å². The molecule has 0 radical (unpaired) electrons. The fourth-order valence-electron chi connectivity index (χ4n) is 1.86. The van der Waals surface area contributed by atoms with Crippen LogP contribution in [0.3, 0.4) is 0 Å². The molecule has 0 spiro atoms. The Labute approximate surface area is 120 Å². The molecule has 2 aromatic rings. The minimum absolute atomic E-state index is 0.0399. The topological polar surface area (TPSA) is 79.3 Å². The Morgan fingerprint density at radius 1 is 1.40 bits per heavy atom. The van der Waals surface area contributed by atoms with Gasteiger partial charge < -0.3 is 10.4 Å². The van der Waals surface area contributed by atoms with Crippen LogP contribution in [0, 0.1) is 0 Å². The number of carbonyl (C=O) groups is 2. The average Bonchev–Trinajstić information content (AvgIpc) is 2.92. The van der Waals surface area contributed by atoms with Crippen LogP contribution in [0.15, 0.2) is 35.8 Å². The van der Waals surface area contributed by atoms with Crippen LogP contribution >= 0.6 is 11.3 Å². The van der Waals surface area contributed by atoms with Gasteiger partial charge in [0.25, 0.3) is 0 Å². The van der Waals surface area contributed by atoms with Gasteiger partial charge in [-0.1, -0.05) is 18.2 Å². The molecule has 2 rings (SSSR count). The Morgan fingerprint density at radius 2 is 2.15 bits per heavy atom. The number of carboxylic acids is 1. The lowest BCUT2D eigenvalue weighted by Gasteiger charge is -2.12. The first-order valence-corrected chi connectivity index (χ1v) is 6.96. The summed E-state index contributed by atoms with van der Waals surface area (Å²) in [7, 11) is 0. The highest BCUT2D eigenvalue weighted by molar-refractivity contribution is 7.09. The summed E-state index contributed by atoms with van der Waals surface area (Å²) in [4.78, 5) is 27.2. The van der Waals surface area contributed by atoms with Gasteiger partial charge in [0.1, 0.15) is 5.01 Å². The maximum Gasteiger partial charge on any atom is 0.335 e. The lowest BCUT2D eigenvalue weighted by atomic mass is 10.0. The van der Waals surface area contributed by atoms with Gasteiger partial charge in [-0.2, -0.15) is 0 Å². The highest BCUT2D eigenvalue weighted by Gasteiger charge is 2.15. The lowest BCUT2D eigenvalue weighted by Crippen LogP contribution is -2.28. The summed E-state index contributed by atoms with van der Waals surface area (Å²) in [5.74, 6) is -1.25. The van der Waals surface area contributed by atoms with E-state index in [1.54, 1.807) is 24.4 Å². The molecule has 1 aromatic heterocycles. The summed E-state index contributed by atoms with van der Waals surface area (Å²) < 4.78 is 0. The zero-order chi connectivity index (χ0) is 14.5. The number of carbonyl (C=O) groups excluding carboxylic acids is 1. The Balaban J connectivity index is 2.03. The van der Waals surface area contributed by atoms with E-state index in [1.807, 2.05) is 12.3 Å². The second-order valence-corrected chi connectivity index (χ2v) is 5.22. The van der Waals surface area contributed by atoms with E-state index in [4.69, 9.17) is 5.11 Å². The van der Waals surface area contributed by atoms with Crippen molar-refractivity contribution in [3.63, 3.8) is 0 Å². The van der Waals surface area contributed by atoms with Gasteiger partial charge in [0.2, 0.25) is 5.91 Å². The van der Waals surface area contributed by atoms with Crippen molar-refractivity contribution in [3.05, 3.63) is 52.0 Å². The fraction of sp³-hybridized carbons (Fsp3) is 0.214. The molecule has 0 bridgehead atoms. The van der Waals surface area contributed by atoms with Gasteiger partial charge in [0, 0.05) is 11.6 Å². The number of hydrogen-bond acceptors (Lipinski definition) is 4. The first-order valence-electron chi connectivity index (χ1n) is 6.08. The van der Waals surface area contributed by atoms with Crippen molar-refractivity contribution in [2.24, 2.45) is 0 Å². The standard InChI is InChI=1S/C14H14N2O3S/c1-9(13-15-6-7-20-13)16-12(17)8-10-4-2-3-5-11(10)14(18)19/h2-7,9H,8H2,1H3,(H,16,17)(H,18,19). The van der Waals surface area contributed by atoms with E-state index < -0.39 is 5.97 Å². The van der Waals surface area contributed by atoms with Crippen LogP contribution in [0.4, 0.5) is 0 Å². The number of benzene rings is 1. The van der Waals surface area contributed by atoms with Gasteiger partial charge in [-0.25, -0.2) is 9.78 Å². The first kappa shape index (κ1) is 14.2. The summed E-state index contributed by atoms with van der Waals surface area (Å²) >= 11 is 1.47. The molecule has 1 aromatic carbocycles. The largest absolute Gasteiger partial charge is 0.478 e. The number of thiazole rings is 1. The number of aromatic carboxylic acids is 1. The molecule has 6 heteroatoms. The molecule has 20 heavy (non-hydrogen) atoms.